The smallest absolute Gasteiger partial charge is 0.335 e. The van der Waals surface area contributed by atoms with Crippen LogP contribution in [0, 0.1) is 0 Å². The molecule has 1 heterocycles. The number of hydrogen-bond acceptors (Lipinski definition) is 2. The van der Waals surface area contributed by atoms with Crippen LogP contribution in [0.4, 0.5) is 0 Å². The first-order valence-corrected chi connectivity index (χ1v) is 7.93. The topological polar surface area (TPSA) is 55.1 Å². The van der Waals surface area contributed by atoms with E-state index >= 15 is 0 Å². The van der Waals surface area contributed by atoms with E-state index in [1.165, 1.54) is 0 Å². The van der Waals surface area contributed by atoms with Crippen LogP contribution in [0.2, 0.25) is 5.02 Å². The van der Waals surface area contributed by atoms with Crippen molar-refractivity contribution in [1.29, 1.82) is 0 Å². The Kier molecular flexibility index (Phi) is 4.35. The minimum atomic E-state index is -0.940. The summed E-state index contributed by atoms with van der Waals surface area (Å²) in [6.45, 7) is 2.72. The summed E-state index contributed by atoms with van der Waals surface area (Å²) in [4.78, 5) is 15.8. The maximum atomic E-state index is 11.1. The van der Waals surface area contributed by atoms with Crippen LogP contribution < -0.4 is 0 Å². The molecule has 0 saturated heterocycles. The fourth-order valence-corrected chi connectivity index (χ4v) is 2.90. The summed E-state index contributed by atoms with van der Waals surface area (Å²) >= 11 is 6.28. The Morgan fingerprint density at radius 1 is 1.26 bits per heavy atom. The highest BCUT2D eigenvalue weighted by Gasteiger charge is 2.14. The van der Waals surface area contributed by atoms with E-state index in [4.69, 9.17) is 16.7 Å². The van der Waals surface area contributed by atoms with Gasteiger partial charge in [-0.3, -0.25) is 0 Å². The van der Waals surface area contributed by atoms with Gasteiger partial charge in [0, 0.05) is 11.4 Å². The van der Waals surface area contributed by atoms with Gasteiger partial charge < -0.3 is 9.67 Å². The zero-order valence-corrected chi connectivity index (χ0v) is 13.5. The van der Waals surface area contributed by atoms with Gasteiger partial charge in [0.1, 0.15) is 5.82 Å². The van der Waals surface area contributed by atoms with Gasteiger partial charge in [-0.05, 0) is 36.2 Å². The number of aromatic carboxylic acids is 1. The highest BCUT2D eigenvalue weighted by molar-refractivity contribution is 6.31. The molecule has 0 aliphatic rings. The number of carboxylic acids is 1. The second kappa shape index (κ2) is 6.42. The summed E-state index contributed by atoms with van der Waals surface area (Å²) in [5.41, 5.74) is 2.91. The van der Waals surface area contributed by atoms with Gasteiger partial charge in [-0.15, -0.1) is 0 Å². The number of aryl methyl sites for hydroxylation is 1. The molecule has 0 spiro atoms. The zero-order valence-electron chi connectivity index (χ0n) is 12.8. The van der Waals surface area contributed by atoms with Crippen LogP contribution in [-0.4, -0.2) is 20.6 Å². The Labute approximate surface area is 139 Å². The zero-order chi connectivity index (χ0) is 16.4. The number of halogens is 1. The maximum Gasteiger partial charge on any atom is 0.335 e. The molecule has 23 heavy (non-hydrogen) atoms. The van der Waals surface area contributed by atoms with Crippen molar-refractivity contribution in [2.24, 2.45) is 0 Å². The first-order valence-electron chi connectivity index (χ1n) is 7.56. The number of nitrogens with zero attached hydrogens (tertiary/aromatic N) is 2. The number of benzene rings is 2. The quantitative estimate of drug-likeness (QED) is 0.755. The molecular weight excluding hydrogens is 312 g/mol. The van der Waals surface area contributed by atoms with Gasteiger partial charge in [-0.25, -0.2) is 9.78 Å². The molecule has 0 aliphatic heterocycles. The van der Waals surface area contributed by atoms with Gasteiger partial charge in [0.15, 0.2) is 0 Å². The van der Waals surface area contributed by atoms with Crippen LogP contribution in [-0.2, 0) is 13.0 Å². The average molecular weight is 329 g/mol. The number of rotatable bonds is 5. The van der Waals surface area contributed by atoms with E-state index in [9.17, 15) is 4.79 Å². The van der Waals surface area contributed by atoms with Crippen molar-refractivity contribution in [3.63, 3.8) is 0 Å². The molecule has 2 aromatic carbocycles. The molecule has 5 heteroatoms. The van der Waals surface area contributed by atoms with Gasteiger partial charge in [-0.1, -0.05) is 36.7 Å². The monoisotopic (exact) mass is 328 g/mol. The third-order valence-corrected chi connectivity index (χ3v) is 4.20. The Balaban J connectivity index is 2.11. The minimum Gasteiger partial charge on any atom is -0.478 e. The molecule has 0 fully saturated rings. The van der Waals surface area contributed by atoms with Crippen LogP contribution in [0.3, 0.4) is 0 Å². The second-order valence-electron chi connectivity index (χ2n) is 5.46. The van der Waals surface area contributed by atoms with Gasteiger partial charge in [-0.2, -0.15) is 0 Å². The fraction of sp³-hybridized carbons (Fsp3) is 0.222. The number of hydrogen-bond donors (Lipinski definition) is 1. The summed E-state index contributed by atoms with van der Waals surface area (Å²) in [5.74, 6) is 0.00885. The van der Waals surface area contributed by atoms with E-state index in [2.05, 4.69) is 16.5 Å². The van der Waals surface area contributed by atoms with Crippen molar-refractivity contribution in [2.45, 2.75) is 26.3 Å². The number of aromatic nitrogens is 2. The molecule has 0 amide bonds. The lowest BCUT2D eigenvalue weighted by molar-refractivity contribution is 0.0697. The highest BCUT2D eigenvalue weighted by atomic mass is 35.5. The number of carbonyl (C=O) groups is 1. The average Bonchev–Trinajstić information content (AvgIpc) is 2.87. The lowest BCUT2D eigenvalue weighted by Gasteiger charge is -2.10. The first-order chi connectivity index (χ1) is 11.1. The van der Waals surface area contributed by atoms with E-state index in [0.717, 1.165) is 34.8 Å². The fourth-order valence-electron chi connectivity index (χ4n) is 2.70. The van der Waals surface area contributed by atoms with E-state index in [1.54, 1.807) is 12.1 Å². The predicted molar refractivity (Wildman–Crippen MR) is 91.2 cm³/mol. The van der Waals surface area contributed by atoms with Crippen LogP contribution in [0.5, 0.6) is 0 Å². The predicted octanol–water partition coefficient (Wildman–Crippen LogP) is 4.39. The molecule has 1 aromatic heterocycles. The van der Waals surface area contributed by atoms with Crippen LogP contribution in [0.25, 0.3) is 11.0 Å². The molecule has 1 N–H and O–H groups in total. The Hall–Kier alpha value is -2.33. The lowest BCUT2D eigenvalue weighted by atomic mass is 10.2. The van der Waals surface area contributed by atoms with Crippen molar-refractivity contribution in [3.8, 4) is 0 Å². The number of carboxylic acid groups (broad SMARTS) is 1. The molecule has 0 radical (unpaired) electrons. The van der Waals surface area contributed by atoms with E-state index < -0.39 is 5.97 Å². The summed E-state index contributed by atoms with van der Waals surface area (Å²) in [6.07, 6.45) is 1.80. The van der Waals surface area contributed by atoms with Gasteiger partial charge in [0.05, 0.1) is 23.1 Å². The van der Waals surface area contributed by atoms with Gasteiger partial charge >= 0.3 is 5.97 Å². The largest absolute Gasteiger partial charge is 0.478 e. The van der Waals surface area contributed by atoms with Crippen molar-refractivity contribution < 1.29 is 9.90 Å². The molecule has 0 aliphatic carbocycles. The Morgan fingerprint density at radius 2 is 2.04 bits per heavy atom. The van der Waals surface area contributed by atoms with E-state index in [0.29, 0.717) is 12.1 Å². The molecule has 4 nitrogen and oxygen atoms in total. The number of fused-ring (bicyclic) bond motifs is 1. The Morgan fingerprint density at radius 3 is 2.74 bits per heavy atom. The summed E-state index contributed by atoms with van der Waals surface area (Å²) in [7, 11) is 0. The summed E-state index contributed by atoms with van der Waals surface area (Å²) < 4.78 is 2.12. The van der Waals surface area contributed by atoms with Crippen molar-refractivity contribution in [2.75, 3.05) is 0 Å². The Bertz CT molecular complexity index is 871. The number of imidazole rings is 1. The van der Waals surface area contributed by atoms with Crippen molar-refractivity contribution in [1.82, 2.24) is 9.55 Å². The highest BCUT2D eigenvalue weighted by Crippen LogP contribution is 2.23. The first kappa shape index (κ1) is 15.6. The molecule has 118 valence electrons. The molecule has 3 aromatic rings. The summed E-state index contributed by atoms with van der Waals surface area (Å²) in [6, 6.07) is 12.8. The second-order valence-corrected chi connectivity index (χ2v) is 5.87. The van der Waals surface area contributed by atoms with E-state index in [-0.39, 0.29) is 5.56 Å². The minimum absolute atomic E-state index is 0.253. The van der Waals surface area contributed by atoms with Crippen LogP contribution in [0.1, 0.15) is 35.1 Å². The van der Waals surface area contributed by atoms with E-state index in [1.807, 2.05) is 30.3 Å². The lowest BCUT2D eigenvalue weighted by Crippen LogP contribution is -2.05. The van der Waals surface area contributed by atoms with Crippen LogP contribution >= 0.6 is 11.6 Å². The molecular formula is C18H17ClN2O2. The third kappa shape index (κ3) is 3.08. The third-order valence-electron chi connectivity index (χ3n) is 3.83. The van der Waals surface area contributed by atoms with Crippen molar-refractivity contribution in [3.05, 3.63) is 64.4 Å². The van der Waals surface area contributed by atoms with Crippen molar-refractivity contribution >= 4 is 28.6 Å². The molecule has 0 atom stereocenters. The van der Waals surface area contributed by atoms with Crippen LogP contribution in [0.15, 0.2) is 42.5 Å². The van der Waals surface area contributed by atoms with Gasteiger partial charge in [0.2, 0.25) is 0 Å². The molecule has 0 unspecified atom stereocenters. The standard InChI is InChI=1S/C18H17ClN2O2/c1-2-5-17-20-15-10-12(18(22)23)8-9-16(15)21(17)11-13-6-3-4-7-14(13)19/h3-4,6-10H,2,5,11H2,1H3,(H,22,23). The van der Waals surface area contributed by atoms with Gasteiger partial charge in [0.25, 0.3) is 0 Å². The molecule has 0 saturated carbocycles. The SMILES string of the molecule is CCCc1nc2cc(C(=O)O)ccc2n1Cc1ccccc1Cl. The maximum absolute atomic E-state index is 11.1. The molecule has 0 bridgehead atoms. The summed E-state index contributed by atoms with van der Waals surface area (Å²) in [5, 5.41) is 9.86. The normalized spacial score (nSPS) is 11.0. The molecule has 3 rings (SSSR count).